The molecule has 1 aliphatic rings. The average Bonchev–Trinajstić information content (AvgIpc) is 2.86. The predicted molar refractivity (Wildman–Crippen MR) is 135 cm³/mol. The summed E-state index contributed by atoms with van der Waals surface area (Å²) in [4.78, 5) is 19.1. The van der Waals surface area contributed by atoms with Crippen LogP contribution in [0.3, 0.4) is 0 Å². The van der Waals surface area contributed by atoms with Crippen molar-refractivity contribution < 1.29 is 31.8 Å². The van der Waals surface area contributed by atoms with Gasteiger partial charge in [-0.15, -0.1) is 0 Å². The molecule has 3 rings (SSSR count). The summed E-state index contributed by atoms with van der Waals surface area (Å²) < 4.78 is 51.1. The molecule has 0 saturated carbocycles. The molecule has 1 N–H and O–H groups in total. The van der Waals surface area contributed by atoms with Gasteiger partial charge in [0.15, 0.2) is 9.84 Å². The van der Waals surface area contributed by atoms with Gasteiger partial charge in [0.2, 0.25) is 5.56 Å². The molecule has 1 aliphatic heterocycles. The Labute approximate surface area is 221 Å². The maximum atomic E-state index is 14.8. The number of piperidine rings is 1. The second-order valence-electron chi connectivity index (χ2n) is 9.34. The van der Waals surface area contributed by atoms with Gasteiger partial charge in [-0.2, -0.15) is 5.26 Å². The molecule has 38 heavy (non-hydrogen) atoms. The lowest BCUT2D eigenvalue weighted by atomic mass is 10.1. The minimum Gasteiger partial charge on any atom is -0.708 e. The van der Waals surface area contributed by atoms with Crippen LogP contribution < -0.4 is 14.8 Å². The number of aromatic nitrogens is 2. The van der Waals surface area contributed by atoms with Gasteiger partial charge >= 0.3 is 12.0 Å². The number of carbonyl (C=O) groups is 1. The van der Waals surface area contributed by atoms with E-state index in [0.717, 1.165) is 12.4 Å². The van der Waals surface area contributed by atoms with Gasteiger partial charge in [0.25, 0.3) is 12.1 Å². The standard InChI is InChI=1S/C24H31FN6O6S/c1-16(2)36-24(32)30-9-7-17(8-10-30)37-23-19(14-26)22(27-15-31(23)33)28-21-6-5-18(13-20(21)25)38(34,35)12-11-29(3)4/h5-6,13,15-17H,7-12H2,1-4H3,(H,27,28). The normalized spacial score (nSPS) is 14.4. The predicted octanol–water partition coefficient (Wildman–Crippen LogP) is 2.19. The van der Waals surface area contributed by atoms with Crippen molar-refractivity contribution in [2.75, 3.05) is 44.8 Å². The molecular formula is C24H31FN6O6S. The van der Waals surface area contributed by atoms with Crippen LogP contribution in [-0.4, -0.2) is 81.0 Å². The van der Waals surface area contributed by atoms with Crippen molar-refractivity contribution in [3.63, 3.8) is 0 Å². The minimum absolute atomic E-state index is 0.130. The van der Waals surface area contributed by atoms with Crippen LogP contribution in [0.2, 0.25) is 0 Å². The van der Waals surface area contributed by atoms with E-state index in [9.17, 15) is 28.1 Å². The van der Waals surface area contributed by atoms with Crippen molar-refractivity contribution in [3.05, 3.63) is 41.1 Å². The van der Waals surface area contributed by atoms with E-state index < -0.39 is 27.9 Å². The number of carbonyl (C=O) groups excluding carboxylic acids is 1. The fourth-order valence-electron chi connectivity index (χ4n) is 3.67. The number of amides is 1. The van der Waals surface area contributed by atoms with Crippen molar-refractivity contribution in [1.82, 2.24) is 14.8 Å². The second-order valence-corrected chi connectivity index (χ2v) is 11.4. The maximum absolute atomic E-state index is 14.8. The fraction of sp³-hybridized carbons (Fsp3) is 0.500. The zero-order valence-electron chi connectivity index (χ0n) is 21.7. The van der Waals surface area contributed by atoms with E-state index in [4.69, 9.17) is 9.47 Å². The Morgan fingerprint density at radius 1 is 1.37 bits per heavy atom. The summed E-state index contributed by atoms with van der Waals surface area (Å²) in [5.74, 6) is -1.48. The lowest BCUT2D eigenvalue weighted by Crippen LogP contribution is -2.44. The number of rotatable bonds is 9. The molecule has 1 saturated heterocycles. The van der Waals surface area contributed by atoms with E-state index in [1.165, 1.54) is 12.1 Å². The number of nitriles is 1. The number of likely N-dealkylation sites (tertiary alicyclic amines) is 1. The molecule has 0 atom stereocenters. The van der Waals surface area contributed by atoms with E-state index in [2.05, 4.69) is 10.3 Å². The van der Waals surface area contributed by atoms with Crippen LogP contribution >= 0.6 is 0 Å². The summed E-state index contributed by atoms with van der Waals surface area (Å²) in [6.07, 6.45) is 0.563. The largest absolute Gasteiger partial charge is 0.708 e. The van der Waals surface area contributed by atoms with E-state index in [-0.39, 0.29) is 46.2 Å². The first-order chi connectivity index (χ1) is 17.9. The van der Waals surface area contributed by atoms with Gasteiger partial charge in [-0.1, -0.05) is 0 Å². The van der Waals surface area contributed by atoms with Crippen LogP contribution in [0.5, 0.6) is 5.88 Å². The number of benzene rings is 1. The monoisotopic (exact) mass is 550 g/mol. The molecule has 12 nitrogen and oxygen atoms in total. The summed E-state index contributed by atoms with van der Waals surface area (Å²) in [7, 11) is -0.229. The first-order valence-corrected chi connectivity index (χ1v) is 13.6. The topological polar surface area (TPSA) is 152 Å². The van der Waals surface area contributed by atoms with Crippen molar-refractivity contribution in [2.45, 2.75) is 43.8 Å². The molecule has 0 bridgehead atoms. The van der Waals surface area contributed by atoms with Crippen molar-refractivity contribution in [3.8, 4) is 11.9 Å². The molecule has 0 aliphatic carbocycles. The molecule has 206 valence electrons. The number of ether oxygens (including phenoxy) is 2. The third-order valence-electron chi connectivity index (χ3n) is 5.73. The molecule has 0 spiro atoms. The van der Waals surface area contributed by atoms with Gasteiger partial charge in [0.1, 0.15) is 18.0 Å². The van der Waals surface area contributed by atoms with Gasteiger partial charge < -0.3 is 29.8 Å². The minimum atomic E-state index is -3.70. The molecule has 1 aromatic heterocycles. The van der Waals surface area contributed by atoms with Crippen molar-refractivity contribution >= 4 is 27.4 Å². The van der Waals surface area contributed by atoms with E-state index in [1.54, 1.807) is 37.7 Å². The first-order valence-electron chi connectivity index (χ1n) is 12.0. The zero-order valence-corrected chi connectivity index (χ0v) is 22.5. The second kappa shape index (κ2) is 12.2. The number of nitrogens with zero attached hydrogens (tertiary/aromatic N) is 5. The van der Waals surface area contributed by atoms with Crippen LogP contribution in [0.15, 0.2) is 29.4 Å². The lowest BCUT2D eigenvalue weighted by molar-refractivity contribution is -0.617. The molecule has 1 aromatic carbocycles. The summed E-state index contributed by atoms with van der Waals surface area (Å²) in [5, 5.41) is 24.8. The molecule has 2 heterocycles. The smallest absolute Gasteiger partial charge is 0.410 e. The Hall–Kier alpha value is -3.70. The molecule has 1 fully saturated rings. The summed E-state index contributed by atoms with van der Waals surface area (Å²) in [6.45, 7) is 4.49. The number of halogens is 1. The Balaban J connectivity index is 1.75. The summed E-state index contributed by atoms with van der Waals surface area (Å²) in [5.41, 5.74) is -0.377. The molecule has 2 aromatic rings. The number of hydrogen-bond donors (Lipinski definition) is 1. The number of anilines is 2. The number of hydrogen-bond acceptors (Lipinski definition) is 10. The Bertz CT molecular complexity index is 1310. The summed E-state index contributed by atoms with van der Waals surface area (Å²) >= 11 is 0. The van der Waals surface area contributed by atoms with Gasteiger partial charge in [0, 0.05) is 32.5 Å². The highest BCUT2D eigenvalue weighted by Gasteiger charge is 2.29. The van der Waals surface area contributed by atoms with Gasteiger partial charge in [-0.05, 0) is 51.1 Å². The van der Waals surface area contributed by atoms with Crippen LogP contribution in [0.1, 0.15) is 32.3 Å². The fourth-order valence-corrected chi connectivity index (χ4v) is 5.07. The van der Waals surface area contributed by atoms with Gasteiger partial charge in [-0.25, -0.2) is 22.3 Å². The first kappa shape index (κ1) is 28.9. The summed E-state index contributed by atoms with van der Waals surface area (Å²) in [6, 6.07) is 5.25. The van der Waals surface area contributed by atoms with Crippen LogP contribution in [0.4, 0.5) is 20.7 Å². The number of sulfone groups is 1. The molecule has 1 amide bonds. The van der Waals surface area contributed by atoms with Crippen LogP contribution in [0, 0.1) is 22.4 Å². The van der Waals surface area contributed by atoms with E-state index in [0.29, 0.717) is 30.7 Å². The van der Waals surface area contributed by atoms with Gasteiger partial charge in [0.05, 0.1) is 22.4 Å². The van der Waals surface area contributed by atoms with E-state index >= 15 is 0 Å². The molecular weight excluding hydrogens is 519 g/mol. The van der Waals surface area contributed by atoms with Crippen molar-refractivity contribution in [2.24, 2.45) is 0 Å². The SMILES string of the molecule is CC(C)OC(=O)N1CCC(Oc2c(C#N)c(Nc3ccc(S(=O)(=O)CCN(C)C)cc3F)nc[n+]2[O-])CC1. The quantitative estimate of drug-likeness (QED) is 0.363. The average molecular weight is 551 g/mol. The lowest BCUT2D eigenvalue weighted by Gasteiger charge is -2.31. The van der Waals surface area contributed by atoms with Crippen molar-refractivity contribution in [1.29, 1.82) is 5.26 Å². The molecule has 0 unspecified atom stereocenters. The Morgan fingerprint density at radius 2 is 2.05 bits per heavy atom. The molecule has 0 radical (unpaired) electrons. The highest BCUT2D eigenvalue weighted by Crippen LogP contribution is 2.28. The third kappa shape index (κ3) is 7.20. The Morgan fingerprint density at radius 3 is 2.63 bits per heavy atom. The third-order valence-corrected chi connectivity index (χ3v) is 7.42. The van der Waals surface area contributed by atoms with Crippen LogP contribution in [-0.2, 0) is 14.6 Å². The highest BCUT2D eigenvalue weighted by atomic mass is 32.2. The van der Waals surface area contributed by atoms with Gasteiger partial charge in [-0.3, -0.25) is 0 Å². The van der Waals surface area contributed by atoms with Crippen LogP contribution in [0.25, 0.3) is 0 Å². The zero-order chi connectivity index (χ0) is 28.0. The highest BCUT2D eigenvalue weighted by molar-refractivity contribution is 7.91. The van der Waals surface area contributed by atoms with E-state index in [1.807, 2.05) is 6.07 Å². The molecule has 14 heteroatoms. The maximum Gasteiger partial charge on any atom is 0.410 e. The Kier molecular flexibility index (Phi) is 9.29. The number of nitrogens with one attached hydrogen (secondary N) is 1.